The first-order valence-corrected chi connectivity index (χ1v) is 5.02. The third-order valence-corrected chi connectivity index (χ3v) is 2.32. The van der Waals surface area contributed by atoms with Crippen LogP contribution in [0.3, 0.4) is 0 Å². The molecule has 15 heavy (non-hydrogen) atoms. The van der Waals surface area contributed by atoms with E-state index in [1.807, 2.05) is 6.92 Å². The second-order valence-electron chi connectivity index (χ2n) is 3.12. The van der Waals surface area contributed by atoms with Gasteiger partial charge in [-0.25, -0.2) is 4.79 Å². The van der Waals surface area contributed by atoms with Gasteiger partial charge in [0, 0.05) is 11.4 Å². The molecule has 78 valence electrons. The fourth-order valence-corrected chi connectivity index (χ4v) is 1.41. The van der Waals surface area contributed by atoms with Gasteiger partial charge in [0.1, 0.15) is 5.82 Å². The number of hydrogen-bond acceptors (Lipinski definition) is 2. The number of rotatable bonds is 2. The molecule has 0 fully saturated rings. The maximum absolute atomic E-state index is 11.5. The predicted molar refractivity (Wildman–Crippen MR) is 58.6 cm³/mol. The molecule has 4 nitrogen and oxygen atoms in total. The minimum absolute atomic E-state index is 0.228. The van der Waals surface area contributed by atoms with Gasteiger partial charge in [-0.15, -0.1) is 0 Å². The lowest BCUT2D eigenvalue weighted by Crippen LogP contribution is -2.15. The number of halogens is 1. The van der Waals surface area contributed by atoms with Crippen molar-refractivity contribution in [2.45, 2.75) is 13.3 Å². The van der Waals surface area contributed by atoms with Crippen LogP contribution >= 0.6 is 11.6 Å². The van der Waals surface area contributed by atoms with E-state index in [2.05, 4.69) is 10.1 Å². The molecule has 0 aliphatic rings. The maximum atomic E-state index is 11.5. The highest BCUT2D eigenvalue weighted by atomic mass is 35.5. The topological polar surface area (TPSA) is 50.7 Å². The monoisotopic (exact) mass is 223 g/mol. The van der Waals surface area contributed by atoms with Crippen molar-refractivity contribution < 1.29 is 0 Å². The average molecular weight is 224 g/mol. The molecule has 0 amide bonds. The van der Waals surface area contributed by atoms with E-state index < -0.39 is 0 Å². The number of aromatic amines is 1. The van der Waals surface area contributed by atoms with Crippen LogP contribution in [0.5, 0.6) is 0 Å². The van der Waals surface area contributed by atoms with Crippen LogP contribution in [0, 0.1) is 0 Å². The highest BCUT2D eigenvalue weighted by Crippen LogP contribution is 2.11. The first kappa shape index (κ1) is 9.98. The zero-order valence-corrected chi connectivity index (χ0v) is 8.95. The number of nitrogens with zero attached hydrogens (tertiary/aromatic N) is 2. The summed E-state index contributed by atoms with van der Waals surface area (Å²) in [5.41, 5.74) is 0.481. The maximum Gasteiger partial charge on any atom is 0.348 e. The van der Waals surface area contributed by atoms with Crippen molar-refractivity contribution in [2.75, 3.05) is 0 Å². The largest absolute Gasteiger partial charge is 0.348 e. The fraction of sp³-hybridized carbons (Fsp3) is 0.200. The first-order valence-electron chi connectivity index (χ1n) is 4.65. The van der Waals surface area contributed by atoms with Gasteiger partial charge in [0.2, 0.25) is 0 Å². The number of aromatic nitrogens is 3. The lowest BCUT2D eigenvalue weighted by molar-refractivity contribution is 0.819. The highest BCUT2D eigenvalue weighted by Gasteiger charge is 2.04. The van der Waals surface area contributed by atoms with Gasteiger partial charge in [-0.05, 0) is 24.3 Å². The van der Waals surface area contributed by atoms with Crippen LogP contribution in [-0.2, 0) is 6.42 Å². The van der Waals surface area contributed by atoms with Crippen LogP contribution in [0.1, 0.15) is 12.7 Å². The van der Waals surface area contributed by atoms with Gasteiger partial charge in [-0.1, -0.05) is 18.5 Å². The molecule has 0 saturated carbocycles. The molecule has 5 heteroatoms. The van der Waals surface area contributed by atoms with E-state index in [4.69, 9.17) is 11.6 Å². The summed E-state index contributed by atoms with van der Waals surface area (Å²) >= 11 is 5.76. The summed E-state index contributed by atoms with van der Waals surface area (Å²) in [6.07, 6.45) is 0.704. The Hall–Kier alpha value is -1.55. The Morgan fingerprint density at radius 3 is 2.60 bits per heavy atom. The van der Waals surface area contributed by atoms with Crippen molar-refractivity contribution in [3.05, 3.63) is 45.6 Å². The summed E-state index contributed by atoms with van der Waals surface area (Å²) in [7, 11) is 0. The SMILES string of the molecule is CCc1nn(-c2ccc(Cl)cc2)c(=O)[nH]1. The van der Waals surface area contributed by atoms with E-state index in [0.29, 0.717) is 23.0 Å². The van der Waals surface area contributed by atoms with E-state index in [1.54, 1.807) is 24.3 Å². The van der Waals surface area contributed by atoms with Crippen molar-refractivity contribution in [2.24, 2.45) is 0 Å². The van der Waals surface area contributed by atoms with Gasteiger partial charge in [0.05, 0.1) is 5.69 Å². The molecular weight excluding hydrogens is 214 g/mol. The van der Waals surface area contributed by atoms with Crippen molar-refractivity contribution in [1.29, 1.82) is 0 Å². The van der Waals surface area contributed by atoms with E-state index >= 15 is 0 Å². The molecule has 0 atom stereocenters. The number of nitrogens with one attached hydrogen (secondary N) is 1. The Morgan fingerprint density at radius 1 is 1.40 bits per heavy atom. The second kappa shape index (κ2) is 3.90. The van der Waals surface area contributed by atoms with Crippen molar-refractivity contribution in [3.63, 3.8) is 0 Å². The van der Waals surface area contributed by atoms with Gasteiger partial charge in [-0.3, -0.25) is 4.98 Å². The Morgan fingerprint density at radius 2 is 2.07 bits per heavy atom. The quantitative estimate of drug-likeness (QED) is 0.844. The summed E-state index contributed by atoms with van der Waals surface area (Å²) in [4.78, 5) is 14.2. The molecular formula is C10H10ClN3O. The molecule has 1 aromatic carbocycles. The number of benzene rings is 1. The second-order valence-corrected chi connectivity index (χ2v) is 3.56. The molecule has 0 aliphatic heterocycles. The Kier molecular flexibility index (Phi) is 2.60. The Labute approximate surface area is 91.5 Å². The van der Waals surface area contributed by atoms with E-state index in [0.717, 1.165) is 0 Å². The Bertz CT molecular complexity index is 512. The third kappa shape index (κ3) is 1.94. The summed E-state index contributed by atoms with van der Waals surface area (Å²) in [6, 6.07) is 6.96. The minimum Gasteiger partial charge on any atom is -0.292 e. The molecule has 0 saturated heterocycles. The van der Waals surface area contributed by atoms with Crippen LogP contribution in [0.2, 0.25) is 5.02 Å². The van der Waals surface area contributed by atoms with Crippen LogP contribution < -0.4 is 5.69 Å². The normalized spacial score (nSPS) is 10.5. The van der Waals surface area contributed by atoms with Crippen LogP contribution in [0.4, 0.5) is 0 Å². The predicted octanol–water partition coefficient (Wildman–Crippen LogP) is 1.78. The van der Waals surface area contributed by atoms with E-state index in [9.17, 15) is 4.79 Å². The smallest absolute Gasteiger partial charge is 0.292 e. The minimum atomic E-state index is -0.228. The summed E-state index contributed by atoms with van der Waals surface area (Å²) < 4.78 is 1.33. The standard InChI is InChI=1S/C10H10ClN3O/c1-2-9-12-10(15)14(13-9)8-5-3-7(11)4-6-8/h3-6H,2H2,1H3,(H,12,13,15). The van der Waals surface area contributed by atoms with Crippen molar-refractivity contribution in [3.8, 4) is 5.69 Å². The summed E-state index contributed by atoms with van der Waals surface area (Å²) in [5.74, 6) is 0.676. The zero-order valence-electron chi connectivity index (χ0n) is 8.20. The van der Waals surface area contributed by atoms with E-state index in [1.165, 1.54) is 4.68 Å². The van der Waals surface area contributed by atoms with Crippen LogP contribution in [-0.4, -0.2) is 14.8 Å². The Balaban J connectivity index is 2.49. The average Bonchev–Trinajstić information content (AvgIpc) is 2.61. The van der Waals surface area contributed by atoms with Crippen molar-refractivity contribution >= 4 is 11.6 Å². The number of hydrogen-bond donors (Lipinski definition) is 1. The molecule has 0 radical (unpaired) electrons. The molecule has 0 spiro atoms. The summed E-state index contributed by atoms with van der Waals surface area (Å²) in [5, 5.41) is 4.77. The summed E-state index contributed by atoms with van der Waals surface area (Å²) in [6.45, 7) is 1.93. The highest BCUT2D eigenvalue weighted by molar-refractivity contribution is 6.30. The van der Waals surface area contributed by atoms with Crippen molar-refractivity contribution in [1.82, 2.24) is 14.8 Å². The molecule has 2 rings (SSSR count). The molecule has 0 aliphatic carbocycles. The number of H-pyrrole nitrogens is 1. The van der Waals surface area contributed by atoms with Gasteiger partial charge in [-0.2, -0.15) is 9.78 Å². The third-order valence-electron chi connectivity index (χ3n) is 2.07. The lowest BCUT2D eigenvalue weighted by atomic mass is 10.3. The molecule has 0 unspecified atom stereocenters. The lowest BCUT2D eigenvalue weighted by Gasteiger charge is -1.98. The molecule has 0 bridgehead atoms. The zero-order chi connectivity index (χ0) is 10.8. The number of aryl methyl sites for hydroxylation is 1. The van der Waals surface area contributed by atoms with E-state index in [-0.39, 0.29) is 5.69 Å². The first-order chi connectivity index (χ1) is 7.20. The molecule has 1 N–H and O–H groups in total. The van der Waals surface area contributed by atoms with Crippen LogP contribution in [0.25, 0.3) is 5.69 Å². The molecule has 1 aromatic heterocycles. The fourth-order valence-electron chi connectivity index (χ4n) is 1.28. The van der Waals surface area contributed by atoms with Gasteiger partial charge in [0.15, 0.2) is 0 Å². The van der Waals surface area contributed by atoms with Gasteiger partial charge < -0.3 is 0 Å². The van der Waals surface area contributed by atoms with Crippen LogP contribution in [0.15, 0.2) is 29.1 Å². The molecule has 1 heterocycles. The van der Waals surface area contributed by atoms with Gasteiger partial charge in [0.25, 0.3) is 0 Å². The van der Waals surface area contributed by atoms with Gasteiger partial charge >= 0.3 is 5.69 Å². The molecule has 2 aromatic rings.